The highest BCUT2D eigenvalue weighted by Crippen LogP contribution is 1.96. The van der Waals surface area contributed by atoms with Crippen molar-refractivity contribution in [3.05, 3.63) is 0 Å². The SMILES string of the molecule is CONCCCCCC#N. The molecule has 0 spiro atoms. The summed E-state index contributed by atoms with van der Waals surface area (Å²) >= 11 is 0. The molecule has 0 radical (unpaired) electrons. The van der Waals surface area contributed by atoms with Crippen molar-refractivity contribution < 1.29 is 4.84 Å². The molecule has 0 aromatic heterocycles. The Hall–Kier alpha value is -0.590. The Morgan fingerprint density at radius 1 is 1.40 bits per heavy atom. The first-order valence-corrected chi connectivity index (χ1v) is 3.54. The van der Waals surface area contributed by atoms with E-state index in [-0.39, 0.29) is 0 Å². The second kappa shape index (κ2) is 8.41. The van der Waals surface area contributed by atoms with Crippen LogP contribution in [0.15, 0.2) is 0 Å². The summed E-state index contributed by atoms with van der Waals surface area (Å²) in [6.07, 6.45) is 3.86. The molecule has 1 N–H and O–H groups in total. The van der Waals surface area contributed by atoms with Crippen LogP contribution in [0.25, 0.3) is 0 Å². The summed E-state index contributed by atoms with van der Waals surface area (Å²) in [7, 11) is 1.61. The quantitative estimate of drug-likeness (QED) is 0.448. The van der Waals surface area contributed by atoms with Crippen molar-refractivity contribution in [3.8, 4) is 6.07 Å². The predicted octanol–water partition coefficient (Wildman–Crippen LogP) is 1.22. The van der Waals surface area contributed by atoms with E-state index in [0.29, 0.717) is 6.42 Å². The zero-order chi connectivity index (χ0) is 7.66. The van der Waals surface area contributed by atoms with Crippen LogP contribution in [0.1, 0.15) is 25.7 Å². The summed E-state index contributed by atoms with van der Waals surface area (Å²) in [5, 5.41) is 8.18. The van der Waals surface area contributed by atoms with Gasteiger partial charge in [0.25, 0.3) is 0 Å². The van der Waals surface area contributed by atoms with E-state index in [9.17, 15) is 0 Å². The lowest BCUT2D eigenvalue weighted by molar-refractivity contribution is 0.0905. The highest BCUT2D eigenvalue weighted by molar-refractivity contribution is 4.67. The van der Waals surface area contributed by atoms with Crippen molar-refractivity contribution in [2.75, 3.05) is 13.7 Å². The topological polar surface area (TPSA) is 45.0 Å². The standard InChI is InChI=1S/C7H14N2O/c1-10-9-7-5-3-2-4-6-8/h9H,2-5,7H2,1H3. The fraction of sp³-hybridized carbons (Fsp3) is 0.857. The van der Waals surface area contributed by atoms with Crippen LogP contribution in [0.4, 0.5) is 0 Å². The summed E-state index contributed by atoms with van der Waals surface area (Å²) in [6.45, 7) is 0.877. The molecular formula is C7H14N2O. The van der Waals surface area contributed by atoms with Crippen LogP contribution in [0.3, 0.4) is 0 Å². The molecule has 58 valence electrons. The summed E-state index contributed by atoms with van der Waals surface area (Å²) in [5.74, 6) is 0. The molecule has 0 fully saturated rings. The summed E-state index contributed by atoms with van der Waals surface area (Å²) in [5.41, 5.74) is 2.74. The van der Waals surface area contributed by atoms with Gasteiger partial charge in [-0.25, -0.2) is 5.48 Å². The van der Waals surface area contributed by atoms with Gasteiger partial charge in [-0.1, -0.05) is 6.42 Å². The molecule has 0 rings (SSSR count). The first kappa shape index (κ1) is 9.41. The lowest BCUT2D eigenvalue weighted by Gasteiger charge is -1.98. The minimum absolute atomic E-state index is 0.674. The van der Waals surface area contributed by atoms with Gasteiger partial charge in [0, 0.05) is 13.0 Å². The fourth-order valence-electron chi connectivity index (χ4n) is 0.680. The fourth-order valence-corrected chi connectivity index (χ4v) is 0.680. The minimum atomic E-state index is 0.674. The number of rotatable bonds is 6. The first-order chi connectivity index (χ1) is 4.91. The Balaban J connectivity index is 2.72. The number of nitriles is 1. The van der Waals surface area contributed by atoms with Gasteiger partial charge in [-0.2, -0.15) is 5.26 Å². The average Bonchev–Trinajstić information content (AvgIpc) is 1.97. The molecule has 0 saturated carbocycles. The average molecular weight is 142 g/mol. The molecule has 0 unspecified atom stereocenters. The molecule has 0 heterocycles. The van der Waals surface area contributed by atoms with Gasteiger partial charge >= 0.3 is 0 Å². The predicted molar refractivity (Wildman–Crippen MR) is 39.1 cm³/mol. The van der Waals surface area contributed by atoms with Gasteiger partial charge in [-0.15, -0.1) is 0 Å². The van der Waals surface area contributed by atoms with Crippen molar-refractivity contribution in [1.29, 1.82) is 5.26 Å². The van der Waals surface area contributed by atoms with Gasteiger partial charge in [-0.3, -0.25) is 0 Å². The van der Waals surface area contributed by atoms with Crippen molar-refractivity contribution in [2.45, 2.75) is 25.7 Å². The first-order valence-electron chi connectivity index (χ1n) is 3.54. The Morgan fingerprint density at radius 2 is 2.20 bits per heavy atom. The maximum Gasteiger partial charge on any atom is 0.0621 e. The summed E-state index contributed by atoms with van der Waals surface area (Å²) in [6, 6.07) is 2.11. The monoisotopic (exact) mass is 142 g/mol. The highest BCUT2D eigenvalue weighted by atomic mass is 16.6. The Kier molecular flexibility index (Phi) is 7.91. The molecule has 0 aliphatic rings. The van der Waals surface area contributed by atoms with Crippen molar-refractivity contribution >= 4 is 0 Å². The lowest BCUT2D eigenvalue weighted by atomic mass is 10.2. The third kappa shape index (κ3) is 7.41. The van der Waals surface area contributed by atoms with Crippen LogP contribution in [-0.2, 0) is 4.84 Å². The maximum atomic E-state index is 8.18. The lowest BCUT2D eigenvalue weighted by Crippen LogP contribution is -2.12. The molecule has 0 amide bonds. The van der Waals surface area contributed by atoms with Crippen molar-refractivity contribution in [2.24, 2.45) is 0 Å². The van der Waals surface area contributed by atoms with Gasteiger partial charge in [0.15, 0.2) is 0 Å². The number of hydrogen-bond donors (Lipinski definition) is 1. The molecule has 0 saturated heterocycles. The van der Waals surface area contributed by atoms with Crippen LogP contribution in [0.2, 0.25) is 0 Å². The molecule has 0 bridgehead atoms. The number of nitrogens with one attached hydrogen (secondary N) is 1. The molecule has 0 aliphatic heterocycles. The zero-order valence-electron chi connectivity index (χ0n) is 6.39. The van der Waals surface area contributed by atoms with Crippen LogP contribution in [0, 0.1) is 11.3 Å². The zero-order valence-corrected chi connectivity index (χ0v) is 6.39. The van der Waals surface area contributed by atoms with E-state index in [1.165, 1.54) is 0 Å². The number of nitrogens with zero attached hydrogens (tertiary/aromatic N) is 1. The number of hydrogen-bond acceptors (Lipinski definition) is 3. The van der Waals surface area contributed by atoms with Crippen molar-refractivity contribution in [1.82, 2.24) is 5.48 Å². The largest absolute Gasteiger partial charge is 0.305 e. The van der Waals surface area contributed by atoms with E-state index in [4.69, 9.17) is 5.26 Å². The van der Waals surface area contributed by atoms with Crippen LogP contribution < -0.4 is 5.48 Å². The Bertz CT molecular complexity index is 98.3. The van der Waals surface area contributed by atoms with Crippen molar-refractivity contribution in [3.63, 3.8) is 0 Å². The molecule has 0 aliphatic carbocycles. The van der Waals surface area contributed by atoms with Gasteiger partial charge in [0.2, 0.25) is 0 Å². The van der Waals surface area contributed by atoms with Gasteiger partial charge < -0.3 is 4.84 Å². The smallest absolute Gasteiger partial charge is 0.0621 e. The Morgan fingerprint density at radius 3 is 2.80 bits per heavy atom. The second-order valence-electron chi connectivity index (χ2n) is 2.07. The van der Waals surface area contributed by atoms with Crippen LogP contribution in [-0.4, -0.2) is 13.7 Å². The third-order valence-corrected chi connectivity index (χ3v) is 1.21. The van der Waals surface area contributed by atoms with Gasteiger partial charge in [0.1, 0.15) is 0 Å². The van der Waals surface area contributed by atoms with Crippen LogP contribution in [0.5, 0.6) is 0 Å². The van der Waals surface area contributed by atoms with E-state index < -0.39 is 0 Å². The van der Waals surface area contributed by atoms with E-state index in [1.807, 2.05) is 0 Å². The molecule has 0 aromatic rings. The van der Waals surface area contributed by atoms with E-state index in [2.05, 4.69) is 16.4 Å². The molecule has 0 aromatic carbocycles. The van der Waals surface area contributed by atoms with Crippen LogP contribution >= 0.6 is 0 Å². The summed E-state index contributed by atoms with van der Waals surface area (Å²) in [4.78, 5) is 4.63. The molecule has 10 heavy (non-hydrogen) atoms. The second-order valence-corrected chi connectivity index (χ2v) is 2.07. The van der Waals surface area contributed by atoms with E-state index in [1.54, 1.807) is 7.11 Å². The maximum absolute atomic E-state index is 8.18. The minimum Gasteiger partial charge on any atom is -0.305 e. The number of unbranched alkanes of at least 4 members (excludes halogenated alkanes) is 3. The molecule has 3 heteroatoms. The van der Waals surface area contributed by atoms with Gasteiger partial charge in [-0.05, 0) is 12.8 Å². The highest BCUT2D eigenvalue weighted by Gasteiger charge is 1.86. The van der Waals surface area contributed by atoms with Gasteiger partial charge in [0.05, 0.1) is 13.2 Å². The Labute approximate surface area is 61.9 Å². The van der Waals surface area contributed by atoms with E-state index in [0.717, 1.165) is 25.8 Å². The third-order valence-electron chi connectivity index (χ3n) is 1.21. The summed E-state index contributed by atoms with van der Waals surface area (Å²) < 4.78 is 0. The molecule has 3 nitrogen and oxygen atoms in total. The molecular weight excluding hydrogens is 128 g/mol. The van der Waals surface area contributed by atoms with E-state index >= 15 is 0 Å². The molecule has 0 atom stereocenters. The number of hydroxylamine groups is 1. The normalized spacial score (nSPS) is 9.20.